The van der Waals surface area contributed by atoms with Crippen molar-refractivity contribution in [3.63, 3.8) is 0 Å². The first kappa shape index (κ1) is 23.3. The predicted octanol–water partition coefficient (Wildman–Crippen LogP) is 3.14. The number of fused-ring (bicyclic) bond motifs is 1. The van der Waals surface area contributed by atoms with Crippen molar-refractivity contribution in [2.24, 2.45) is 0 Å². The van der Waals surface area contributed by atoms with Crippen molar-refractivity contribution in [2.45, 2.75) is 12.8 Å². The number of anilines is 4. The minimum absolute atomic E-state index is 0.233. The average Bonchev–Trinajstić information content (AvgIpc) is 3.31. The Morgan fingerprint density at radius 3 is 2.74 bits per heavy atom. The van der Waals surface area contributed by atoms with Crippen molar-refractivity contribution in [2.75, 3.05) is 75.1 Å². The van der Waals surface area contributed by atoms with E-state index in [1.807, 2.05) is 24.4 Å². The third-order valence-electron chi connectivity index (χ3n) is 6.37. The van der Waals surface area contributed by atoms with Gasteiger partial charge in [0.1, 0.15) is 17.4 Å². The maximum atomic E-state index is 10.1. The van der Waals surface area contributed by atoms with E-state index in [1.165, 1.54) is 0 Å². The van der Waals surface area contributed by atoms with Gasteiger partial charge in [0.05, 0.1) is 18.9 Å². The van der Waals surface area contributed by atoms with Gasteiger partial charge >= 0.3 is 0 Å². The summed E-state index contributed by atoms with van der Waals surface area (Å²) in [6, 6.07) is 11.4. The Morgan fingerprint density at radius 1 is 1.09 bits per heavy atom. The lowest BCUT2D eigenvalue weighted by atomic mass is 10.1. The fraction of sp³-hybridized carbons (Fsp3) is 0.423. The van der Waals surface area contributed by atoms with Gasteiger partial charge in [-0.2, -0.15) is 4.98 Å². The zero-order valence-electron chi connectivity index (χ0n) is 20.4. The molecule has 2 aliphatic rings. The van der Waals surface area contributed by atoms with Crippen LogP contribution in [0.1, 0.15) is 12.0 Å². The minimum Gasteiger partial charge on any atom is -0.508 e. The monoisotopic (exact) mass is 475 g/mol. The van der Waals surface area contributed by atoms with E-state index < -0.39 is 0 Å². The number of aromatic nitrogens is 3. The van der Waals surface area contributed by atoms with Crippen LogP contribution in [-0.2, 0) is 11.2 Å². The summed E-state index contributed by atoms with van der Waals surface area (Å²) >= 11 is 0. The zero-order valence-corrected chi connectivity index (χ0v) is 20.4. The molecular weight excluding hydrogens is 442 g/mol. The third kappa shape index (κ3) is 5.31. The molecule has 2 N–H and O–H groups in total. The molecule has 0 bridgehead atoms. The van der Waals surface area contributed by atoms with E-state index >= 15 is 0 Å². The molecule has 2 aromatic heterocycles. The Labute approximate surface area is 206 Å². The second-order valence-electron chi connectivity index (χ2n) is 9.21. The number of ether oxygens (including phenoxy) is 1. The maximum absolute atomic E-state index is 10.1. The molecule has 1 saturated heterocycles. The molecule has 0 saturated carbocycles. The van der Waals surface area contributed by atoms with Crippen molar-refractivity contribution in [1.29, 1.82) is 0 Å². The summed E-state index contributed by atoms with van der Waals surface area (Å²) in [5, 5.41) is 13.6. The summed E-state index contributed by atoms with van der Waals surface area (Å²) in [6.45, 7) is 5.56. The average molecular weight is 476 g/mol. The number of hydrogen-bond donors (Lipinski definition) is 2. The van der Waals surface area contributed by atoms with Gasteiger partial charge in [-0.1, -0.05) is 12.1 Å². The Kier molecular flexibility index (Phi) is 6.96. The molecule has 4 heterocycles. The first-order chi connectivity index (χ1) is 17.1. The topological polar surface area (TPSA) is 89.9 Å². The summed E-state index contributed by atoms with van der Waals surface area (Å²) < 4.78 is 5.54. The van der Waals surface area contributed by atoms with Crippen LogP contribution in [0.2, 0.25) is 0 Å². The Morgan fingerprint density at radius 2 is 1.94 bits per heavy atom. The number of rotatable bonds is 8. The molecule has 0 spiro atoms. The maximum Gasteiger partial charge on any atom is 0.228 e. The fourth-order valence-electron chi connectivity index (χ4n) is 4.59. The molecule has 1 fully saturated rings. The molecule has 184 valence electrons. The Balaban J connectivity index is 1.48. The van der Waals surface area contributed by atoms with E-state index in [-0.39, 0.29) is 5.75 Å². The Hall–Kier alpha value is -3.43. The summed E-state index contributed by atoms with van der Waals surface area (Å²) in [4.78, 5) is 21.2. The van der Waals surface area contributed by atoms with Crippen LogP contribution in [-0.4, -0.2) is 85.0 Å². The fourth-order valence-corrected chi connectivity index (χ4v) is 4.59. The lowest BCUT2D eigenvalue weighted by Crippen LogP contribution is -2.37. The van der Waals surface area contributed by atoms with Crippen molar-refractivity contribution < 1.29 is 9.84 Å². The number of phenols is 1. The third-order valence-corrected chi connectivity index (χ3v) is 6.37. The molecule has 5 rings (SSSR count). The Bertz CT molecular complexity index is 1160. The molecule has 0 aliphatic carbocycles. The second kappa shape index (κ2) is 10.5. The highest BCUT2D eigenvalue weighted by Crippen LogP contribution is 2.40. The highest BCUT2D eigenvalue weighted by Gasteiger charge is 2.29. The molecule has 9 heteroatoms. The zero-order chi connectivity index (χ0) is 24.2. The summed E-state index contributed by atoms with van der Waals surface area (Å²) in [7, 11) is 4.17. The highest BCUT2D eigenvalue weighted by atomic mass is 16.5. The minimum atomic E-state index is 0.233. The van der Waals surface area contributed by atoms with Crippen LogP contribution in [0, 0.1) is 0 Å². The molecule has 35 heavy (non-hydrogen) atoms. The molecule has 2 aliphatic heterocycles. The van der Waals surface area contributed by atoms with Crippen LogP contribution >= 0.6 is 0 Å². The largest absolute Gasteiger partial charge is 0.508 e. The van der Waals surface area contributed by atoms with Gasteiger partial charge in [-0.25, -0.2) is 9.97 Å². The van der Waals surface area contributed by atoms with Gasteiger partial charge in [0.2, 0.25) is 5.95 Å². The number of hydrogen-bond acceptors (Lipinski definition) is 9. The molecule has 3 aromatic rings. The number of phenolic OH excluding ortho intramolecular Hbond substituents is 1. The van der Waals surface area contributed by atoms with E-state index in [2.05, 4.69) is 45.2 Å². The lowest BCUT2D eigenvalue weighted by Gasteiger charge is -2.28. The molecule has 0 radical (unpaired) electrons. The van der Waals surface area contributed by atoms with Crippen LogP contribution in [0.15, 0.2) is 42.6 Å². The molecular formula is C26H33N7O2. The number of aromatic hydroxyl groups is 1. The number of morpholine rings is 1. The normalized spacial score (nSPS) is 15.5. The quantitative estimate of drug-likeness (QED) is 0.477. The molecule has 0 amide bonds. The summed E-state index contributed by atoms with van der Waals surface area (Å²) in [5.41, 5.74) is 3.94. The van der Waals surface area contributed by atoms with Crippen LogP contribution in [0.3, 0.4) is 0 Å². The van der Waals surface area contributed by atoms with E-state index in [9.17, 15) is 5.11 Å². The smallest absolute Gasteiger partial charge is 0.228 e. The number of benzene rings is 1. The van der Waals surface area contributed by atoms with Crippen LogP contribution < -0.4 is 15.1 Å². The van der Waals surface area contributed by atoms with Gasteiger partial charge < -0.3 is 29.9 Å². The van der Waals surface area contributed by atoms with Gasteiger partial charge in [-0.15, -0.1) is 0 Å². The van der Waals surface area contributed by atoms with Gasteiger partial charge in [0, 0.05) is 55.3 Å². The summed E-state index contributed by atoms with van der Waals surface area (Å²) in [6.07, 6.45) is 3.73. The number of nitrogens with zero attached hydrogens (tertiary/aromatic N) is 6. The van der Waals surface area contributed by atoms with E-state index in [1.54, 1.807) is 12.1 Å². The van der Waals surface area contributed by atoms with Crippen LogP contribution in [0.5, 0.6) is 5.75 Å². The van der Waals surface area contributed by atoms with E-state index in [0.717, 1.165) is 79.7 Å². The van der Waals surface area contributed by atoms with Crippen molar-refractivity contribution in [3.8, 4) is 17.0 Å². The van der Waals surface area contributed by atoms with Gasteiger partial charge in [-0.05, 0) is 51.7 Å². The van der Waals surface area contributed by atoms with Crippen molar-refractivity contribution in [3.05, 3.63) is 48.2 Å². The molecule has 1 aromatic carbocycles. The van der Waals surface area contributed by atoms with Crippen molar-refractivity contribution in [1.82, 2.24) is 19.9 Å². The highest BCUT2D eigenvalue weighted by molar-refractivity contribution is 5.78. The van der Waals surface area contributed by atoms with Crippen LogP contribution in [0.4, 0.5) is 23.3 Å². The number of nitrogens with one attached hydrogen (secondary N) is 1. The SMILES string of the molecule is CN(C)CCCNc1cc(N2CCc3c(-c4cccc(O)c4)nc(N4CCOCC4)nc32)ccn1. The van der Waals surface area contributed by atoms with Gasteiger partial charge in [0.25, 0.3) is 0 Å². The first-order valence-electron chi connectivity index (χ1n) is 12.2. The molecule has 0 unspecified atom stereocenters. The van der Waals surface area contributed by atoms with Crippen LogP contribution in [0.25, 0.3) is 11.3 Å². The van der Waals surface area contributed by atoms with E-state index in [4.69, 9.17) is 14.7 Å². The van der Waals surface area contributed by atoms with Crippen molar-refractivity contribution >= 4 is 23.3 Å². The molecule has 9 nitrogen and oxygen atoms in total. The predicted molar refractivity (Wildman–Crippen MR) is 139 cm³/mol. The second-order valence-corrected chi connectivity index (χ2v) is 9.21. The van der Waals surface area contributed by atoms with Gasteiger partial charge in [0.15, 0.2) is 0 Å². The van der Waals surface area contributed by atoms with Gasteiger partial charge in [-0.3, -0.25) is 0 Å². The van der Waals surface area contributed by atoms with E-state index in [0.29, 0.717) is 19.2 Å². The molecule has 0 atom stereocenters. The summed E-state index contributed by atoms with van der Waals surface area (Å²) in [5.74, 6) is 2.72. The number of pyridine rings is 1. The lowest BCUT2D eigenvalue weighted by molar-refractivity contribution is 0.122. The standard InChI is InChI=1S/C26H33N7O2/c1-31(2)11-4-9-27-23-18-20(7-10-28-23)33-12-8-22-24(19-5-3-6-21(34)17-19)29-26(30-25(22)33)32-13-15-35-16-14-32/h3,5-7,10,17-18,34H,4,8-9,11-16H2,1-2H3,(H,27,28). The first-order valence-corrected chi connectivity index (χ1v) is 12.2.